The topological polar surface area (TPSA) is 45.2 Å². The molecule has 0 spiro atoms. The molecule has 100 valence electrons. The first-order valence-corrected chi connectivity index (χ1v) is 6.98. The summed E-state index contributed by atoms with van der Waals surface area (Å²) < 4.78 is 0. The molecule has 4 nitrogen and oxygen atoms in total. The zero-order chi connectivity index (χ0) is 13.8. The maximum absolute atomic E-state index is 12.2. The minimum atomic E-state index is -0.0922. The van der Waals surface area contributed by atoms with Gasteiger partial charge in [0.25, 0.3) is 5.91 Å². The second-order valence-electron chi connectivity index (χ2n) is 4.05. The number of thiophene rings is 1. The Kier molecular flexibility index (Phi) is 4.39. The molecule has 1 N–H and O–H groups in total. The van der Waals surface area contributed by atoms with Crippen LogP contribution in [0.15, 0.2) is 29.8 Å². The number of carbonyl (C=O) groups is 1. The Morgan fingerprint density at radius 3 is 2.95 bits per heavy atom. The van der Waals surface area contributed by atoms with Crippen LogP contribution in [-0.4, -0.2) is 29.9 Å². The molecule has 0 radical (unpaired) electrons. The molecule has 2 aromatic heterocycles. The lowest BCUT2D eigenvalue weighted by Crippen LogP contribution is -2.26. The summed E-state index contributed by atoms with van der Waals surface area (Å²) in [5.41, 5.74) is 0.489. The van der Waals surface area contributed by atoms with Crippen molar-refractivity contribution in [2.24, 2.45) is 0 Å². The summed E-state index contributed by atoms with van der Waals surface area (Å²) in [6, 6.07) is 5.61. The highest BCUT2D eigenvalue weighted by molar-refractivity contribution is 7.09. The van der Waals surface area contributed by atoms with E-state index in [0.717, 1.165) is 4.88 Å². The number of nitrogens with one attached hydrogen (secondary N) is 1. The number of rotatable bonds is 4. The minimum Gasteiger partial charge on any atom is -0.372 e. The average Bonchev–Trinajstić information content (AvgIpc) is 2.90. The Balaban J connectivity index is 2.12. The van der Waals surface area contributed by atoms with Gasteiger partial charge in [-0.2, -0.15) is 0 Å². The maximum Gasteiger partial charge on any atom is 0.255 e. The molecular formula is C13H14ClN3OS. The summed E-state index contributed by atoms with van der Waals surface area (Å²) in [7, 11) is 3.50. The van der Waals surface area contributed by atoms with Crippen LogP contribution in [0.5, 0.6) is 0 Å². The van der Waals surface area contributed by atoms with E-state index in [0.29, 0.717) is 22.9 Å². The first kappa shape index (κ1) is 13.8. The standard InChI is InChI=1S/C13H14ClN3OS/c1-15-12-11(14)6-9(7-16-12)13(18)17(2)8-10-4-3-5-19-10/h3-7H,8H2,1-2H3,(H,15,16). The smallest absolute Gasteiger partial charge is 0.255 e. The largest absolute Gasteiger partial charge is 0.372 e. The van der Waals surface area contributed by atoms with Gasteiger partial charge in [-0.05, 0) is 17.5 Å². The summed E-state index contributed by atoms with van der Waals surface area (Å²) in [6.07, 6.45) is 1.53. The van der Waals surface area contributed by atoms with Gasteiger partial charge >= 0.3 is 0 Å². The summed E-state index contributed by atoms with van der Waals surface area (Å²) in [5, 5.41) is 5.30. The lowest BCUT2D eigenvalue weighted by molar-refractivity contribution is 0.0786. The van der Waals surface area contributed by atoms with Crippen molar-refractivity contribution in [2.45, 2.75) is 6.54 Å². The first-order valence-electron chi connectivity index (χ1n) is 5.73. The fourth-order valence-electron chi connectivity index (χ4n) is 1.67. The van der Waals surface area contributed by atoms with E-state index in [9.17, 15) is 4.79 Å². The highest BCUT2D eigenvalue weighted by Crippen LogP contribution is 2.20. The summed E-state index contributed by atoms with van der Waals surface area (Å²) in [5.74, 6) is 0.476. The number of hydrogen-bond acceptors (Lipinski definition) is 4. The molecule has 0 aromatic carbocycles. The van der Waals surface area contributed by atoms with Crippen LogP contribution in [0.25, 0.3) is 0 Å². The van der Waals surface area contributed by atoms with E-state index in [1.165, 1.54) is 6.20 Å². The van der Waals surface area contributed by atoms with Crippen LogP contribution >= 0.6 is 22.9 Å². The molecule has 0 bridgehead atoms. The van der Waals surface area contributed by atoms with Crippen LogP contribution in [0.2, 0.25) is 5.02 Å². The van der Waals surface area contributed by atoms with Crippen LogP contribution in [0.4, 0.5) is 5.82 Å². The molecule has 2 aromatic rings. The molecule has 2 rings (SSSR count). The number of pyridine rings is 1. The van der Waals surface area contributed by atoms with Gasteiger partial charge in [0.1, 0.15) is 5.82 Å². The van der Waals surface area contributed by atoms with Crippen LogP contribution in [0.1, 0.15) is 15.2 Å². The zero-order valence-electron chi connectivity index (χ0n) is 10.7. The van der Waals surface area contributed by atoms with E-state index in [2.05, 4.69) is 10.3 Å². The van der Waals surface area contributed by atoms with Crippen molar-refractivity contribution in [2.75, 3.05) is 19.4 Å². The van der Waals surface area contributed by atoms with Gasteiger partial charge in [-0.1, -0.05) is 17.7 Å². The number of amides is 1. The quantitative estimate of drug-likeness (QED) is 0.942. The number of anilines is 1. The highest BCUT2D eigenvalue weighted by Gasteiger charge is 2.14. The van der Waals surface area contributed by atoms with Crippen molar-refractivity contribution in [1.82, 2.24) is 9.88 Å². The van der Waals surface area contributed by atoms with Crippen molar-refractivity contribution in [3.63, 3.8) is 0 Å². The molecule has 0 atom stereocenters. The van der Waals surface area contributed by atoms with Crippen molar-refractivity contribution in [3.8, 4) is 0 Å². The average molecular weight is 296 g/mol. The van der Waals surface area contributed by atoms with Crippen molar-refractivity contribution < 1.29 is 4.79 Å². The van der Waals surface area contributed by atoms with Crippen LogP contribution in [0, 0.1) is 0 Å². The van der Waals surface area contributed by atoms with E-state index in [4.69, 9.17) is 11.6 Å². The molecule has 0 aliphatic rings. The highest BCUT2D eigenvalue weighted by atomic mass is 35.5. The predicted molar refractivity (Wildman–Crippen MR) is 78.9 cm³/mol. The molecule has 2 heterocycles. The first-order chi connectivity index (χ1) is 9.11. The van der Waals surface area contributed by atoms with E-state index in [-0.39, 0.29) is 5.91 Å². The molecule has 0 unspecified atom stereocenters. The third-order valence-electron chi connectivity index (χ3n) is 2.64. The van der Waals surface area contributed by atoms with Gasteiger partial charge in [0.05, 0.1) is 17.1 Å². The van der Waals surface area contributed by atoms with Gasteiger partial charge in [0.2, 0.25) is 0 Å². The zero-order valence-corrected chi connectivity index (χ0v) is 12.3. The van der Waals surface area contributed by atoms with Gasteiger partial charge in [0, 0.05) is 25.2 Å². The molecule has 19 heavy (non-hydrogen) atoms. The second-order valence-corrected chi connectivity index (χ2v) is 5.48. The SMILES string of the molecule is CNc1ncc(C(=O)N(C)Cc2cccs2)cc1Cl. The molecule has 0 aliphatic heterocycles. The van der Waals surface area contributed by atoms with E-state index >= 15 is 0 Å². The fourth-order valence-corrected chi connectivity index (χ4v) is 2.69. The predicted octanol–water partition coefficient (Wildman–Crippen LogP) is 3.11. The van der Waals surface area contributed by atoms with Gasteiger partial charge in [-0.25, -0.2) is 4.98 Å². The molecule has 1 amide bonds. The summed E-state index contributed by atoms with van der Waals surface area (Å²) in [6.45, 7) is 0.585. The Bertz CT molecular complexity index is 571. The maximum atomic E-state index is 12.2. The van der Waals surface area contributed by atoms with Gasteiger partial charge in [-0.3, -0.25) is 4.79 Å². The number of hydrogen-bond donors (Lipinski definition) is 1. The van der Waals surface area contributed by atoms with E-state index < -0.39 is 0 Å². The Morgan fingerprint density at radius 2 is 2.37 bits per heavy atom. The van der Waals surface area contributed by atoms with E-state index in [1.54, 1.807) is 36.4 Å². The molecule has 0 fully saturated rings. The third kappa shape index (κ3) is 3.24. The summed E-state index contributed by atoms with van der Waals surface area (Å²) >= 11 is 7.65. The third-order valence-corrected chi connectivity index (χ3v) is 3.79. The van der Waals surface area contributed by atoms with Crippen molar-refractivity contribution in [3.05, 3.63) is 45.2 Å². The normalized spacial score (nSPS) is 10.3. The number of nitrogens with zero attached hydrogens (tertiary/aromatic N) is 2. The van der Waals surface area contributed by atoms with Gasteiger partial charge < -0.3 is 10.2 Å². The van der Waals surface area contributed by atoms with Gasteiger partial charge in [0.15, 0.2) is 0 Å². The molecule has 0 saturated heterocycles. The van der Waals surface area contributed by atoms with Crippen LogP contribution in [0.3, 0.4) is 0 Å². The van der Waals surface area contributed by atoms with Crippen LogP contribution in [-0.2, 0) is 6.54 Å². The van der Waals surface area contributed by atoms with Crippen molar-refractivity contribution >= 4 is 34.7 Å². The molecular weight excluding hydrogens is 282 g/mol. The van der Waals surface area contributed by atoms with Crippen molar-refractivity contribution in [1.29, 1.82) is 0 Å². The van der Waals surface area contributed by atoms with E-state index in [1.807, 2.05) is 17.5 Å². The molecule has 6 heteroatoms. The minimum absolute atomic E-state index is 0.0922. The summed E-state index contributed by atoms with van der Waals surface area (Å²) in [4.78, 5) is 19.1. The monoisotopic (exact) mass is 295 g/mol. The number of aromatic nitrogens is 1. The molecule has 0 aliphatic carbocycles. The Morgan fingerprint density at radius 1 is 1.58 bits per heavy atom. The lowest BCUT2D eigenvalue weighted by Gasteiger charge is -2.16. The fraction of sp³-hybridized carbons (Fsp3) is 0.231. The number of halogens is 1. The molecule has 0 saturated carbocycles. The van der Waals surface area contributed by atoms with Crippen LogP contribution < -0.4 is 5.32 Å². The lowest BCUT2D eigenvalue weighted by atomic mass is 10.2. The van der Waals surface area contributed by atoms with Gasteiger partial charge in [-0.15, -0.1) is 11.3 Å². The Hall–Kier alpha value is -1.59. The second kappa shape index (κ2) is 6.04. The number of carbonyl (C=O) groups excluding carboxylic acids is 1. The Labute approximate surface area is 121 Å².